The number of pyridine rings is 1. The fraction of sp³-hybridized carbons (Fsp3) is 0.269. The molecule has 0 bridgehead atoms. The molecule has 4 N–H and O–H groups in total. The molecular weight excluding hydrogens is 480 g/mol. The number of nitrogens with one attached hydrogen (secondary N) is 2. The highest BCUT2D eigenvalue weighted by Crippen LogP contribution is 2.20. The zero-order valence-corrected chi connectivity index (χ0v) is 20.5. The summed E-state index contributed by atoms with van der Waals surface area (Å²) in [5, 5.41) is 3.34. The van der Waals surface area contributed by atoms with Gasteiger partial charge in [-0.05, 0) is 67.1 Å². The number of fused-ring (bicyclic) bond motifs is 1. The lowest BCUT2D eigenvalue weighted by molar-refractivity contribution is -0.138. The minimum atomic E-state index is -3.90. The predicted octanol–water partition coefficient (Wildman–Crippen LogP) is 2.56. The van der Waals surface area contributed by atoms with E-state index in [1.807, 2.05) is 6.07 Å². The van der Waals surface area contributed by atoms with Crippen molar-refractivity contribution in [3.63, 3.8) is 0 Å². The third kappa shape index (κ3) is 6.75. The molecule has 1 atom stereocenters. The van der Waals surface area contributed by atoms with Crippen molar-refractivity contribution in [3.05, 3.63) is 89.1 Å². The van der Waals surface area contributed by atoms with Crippen molar-refractivity contribution < 1.29 is 22.7 Å². The van der Waals surface area contributed by atoms with E-state index in [1.165, 1.54) is 17.7 Å². The number of carbonyl (C=O) groups excluding carboxylic acids is 2. The average molecular weight is 509 g/mol. The molecule has 3 aromatic rings. The average Bonchev–Trinajstić information content (AvgIpc) is 2.87. The van der Waals surface area contributed by atoms with Crippen molar-refractivity contribution >= 4 is 27.8 Å². The normalized spacial score (nSPS) is 13.8. The SMILES string of the molecule is N[C@H](CC(=O)OC(=O)c1ccc(CCc2ccc3c(n2)NCCC3)cc1)NS(=O)(=O)c1ccccc1. The number of aryl methyl sites for hydroxylation is 3. The van der Waals surface area contributed by atoms with E-state index in [4.69, 9.17) is 15.5 Å². The number of nitrogens with zero attached hydrogens (tertiary/aromatic N) is 1. The quantitative estimate of drug-likeness (QED) is 0.228. The van der Waals surface area contributed by atoms with Gasteiger partial charge in [-0.15, -0.1) is 0 Å². The largest absolute Gasteiger partial charge is 0.389 e. The van der Waals surface area contributed by atoms with Crippen molar-refractivity contribution in [1.29, 1.82) is 0 Å². The van der Waals surface area contributed by atoms with Gasteiger partial charge in [0.1, 0.15) is 5.82 Å². The van der Waals surface area contributed by atoms with Crippen LogP contribution in [0.25, 0.3) is 0 Å². The molecule has 0 aliphatic carbocycles. The lowest BCUT2D eigenvalue weighted by Gasteiger charge is -2.17. The molecule has 9 nitrogen and oxygen atoms in total. The molecule has 1 aliphatic heterocycles. The second kappa shape index (κ2) is 11.4. The summed E-state index contributed by atoms with van der Waals surface area (Å²) in [5.74, 6) is -0.791. The van der Waals surface area contributed by atoms with E-state index in [9.17, 15) is 18.0 Å². The van der Waals surface area contributed by atoms with Crippen molar-refractivity contribution in [2.24, 2.45) is 5.73 Å². The van der Waals surface area contributed by atoms with E-state index < -0.39 is 34.5 Å². The van der Waals surface area contributed by atoms with Crippen LogP contribution < -0.4 is 15.8 Å². The van der Waals surface area contributed by atoms with E-state index in [-0.39, 0.29) is 10.5 Å². The molecule has 0 radical (unpaired) electrons. The van der Waals surface area contributed by atoms with Gasteiger partial charge in [0.2, 0.25) is 10.0 Å². The van der Waals surface area contributed by atoms with E-state index in [2.05, 4.69) is 16.1 Å². The Balaban J connectivity index is 1.26. The van der Waals surface area contributed by atoms with Crippen molar-refractivity contribution in [3.8, 4) is 0 Å². The van der Waals surface area contributed by atoms with Gasteiger partial charge in [0, 0.05) is 12.2 Å². The van der Waals surface area contributed by atoms with Crippen LogP contribution >= 0.6 is 0 Å². The number of nitrogens with two attached hydrogens (primary N) is 1. The Labute approximate surface area is 210 Å². The third-order valence-corrected chi connectivity index (χ3v) is 7.27. The fourth-order valence-corrected chi connectivity index (χ4v) is 5.01. The Morgan fingerprint density at radius 1 is 1.03 bits per heavy atom. The third-order valence-electron chi connectivity index (χ3n) is 5.76. The van der Waals surface area contributed by atoms with E-state index >= 15 is 0 Å². The van der Waals surface area contributed by atoms with Gasteiger partial charge in [-0.1, -0.05) is 36.4 Å². The fourth-order valence-electron chi connectivity index (χ4n) is 3.88. The maximum Gasteiger partial charge on any atom is 0.345 e. The first-order valence-corrected chi connectivity index (χ1v) is 13.2. The number of hydrogen-bond donors (Lipinski definition) is 3. The summed E-state index contributed by atoms with van der Waals surface area (Å²) in [6.45, 7) is 0.943. The topological polar surface area (TPSA) is 140 Å². The minimum absolute atomic E-state index is 0.0176. The molecular formula is C26H28N4O5S. The van der Waals surface area contributed by atoms with Gasteiger partial charge in [-0.3, -0.25) is 4.79 Å². The summed E-state index contributed by atoms with van der Waals surface area (Å²) >= 11 is 0. The number of anilines is 1. The molecule has 188 valence electrons. The second-order valence-corrected chi connectivity index (χ2v) is 10.3. The number of rotatable bonds is 9. The summed E-state index contributed by atoms with van der Waals surface area (Å²) in [6.07, 6.45) is 1.92. The van der Waals surface area contributed by atoms with Gasteiger partial charge in [-0.25, -0.2) is 18.2 Å². The van der Waals surface area contributed by atoms with Crippen LogP contribution in [-0.2, 0) is 38.8 Å². The standard InChI is InChI=1S/C26H28N4O5S/c27-23(30-36(33,34)22-6-2-1-3-7-22)17-24(31)35-26(32)20-11-8-18(9-12-20)10-14-21-15-13-19-5-4-16-28-25(19)29-21/h1-3,6-9,11-13,15,23,30H,4-5,10,14,16-17,27H2,(H,28,29)/t23-/m0/s1. The van der Waals surface area contributed by atoms with E-state index in [0.29, 0.717) is 0 Å². The lowest BCUT2D eigenvalue weighted by Crippen LogP contribution is -2.43. The predicted molar refractivity (Wildman–Crippen MR) is 135 cm³/mol. The van der Waals surface area contributed by atoms with Crippen LogP contribution in [0.5, 0.6) is 0 Å². The van der Waals surface area contributed by atoms with Gasteiger partial charge in [0.25, 0.3) is 0 Å². The van der Waals surface area contributed by atoms with Crippen LogP contribution in [0.15, 0.2) is 71.6 Å². The molecule has 1 aromatic heterocycles. The zero-order chi connectivity index (χ0) is 25.5. The van der Waals surface area contributed by atoms with Gasteiger partial charge in [0.05, 0.1) is 23.0 Å². The molecule has 4 rings (SSSR count). The highest BCUT2D eigenvalue weighted by Gasteiger charge is 2.22. The Morgan fingerprint density at radius 3 is 2.53 bits per heavy atom. The van der Waals surface area contributed by atoms with Crippen LogP contribution in [0.2, 0.25) is 0 Å². The maximum absolute atomic E-state index is 12.3. The molecule has 2 heterocycles. The Bertz CT molecular complexity index is 1330. The molecule has 2 aromatic carbocycles. The molecule has 0 amide bonds. The maximum atomic E-state index is 12.3. The number of ether oxygens (including phenoxy) is 1. The van der Waals surface area contributed by atoms with Crippen molar-refractivity contribution in [2.75, 3.05) is 11.9 Å². The summed E-state index contributed by atoms with van der Waals surface area (Å²) in [4.78, 5) is 29.2. The first-order chi connectivity index (χ1) is 17.3. The van der Waals surface area contributed by atoms with Crippen LogP contribution in [0.1, 0.15) is 40.0 Å². The van der Waals surface area contributed by atoms with Crippen LogP contribution in [0, 0.1) is 0 Å². The number of sulfonamides is 1. The first-order valence-electron chi connectivity index (χ1n) is 11.7. The summed E-state index contributed by atoms with van der Waals surface area (Å²) in [6, 6.07) is 18.6. The van der Waals surface area contributed by atoms with E-state index in [0.717, 1.165) is 49.3 Å². The highest BCUT2D eigenvalue weighted by molar-refractivity contribution is 7.89. The van der Waals surface area contributed by atoms with E-state index in [1.54, 1.807) is 42.5 Å². The number of esters is 2. The molecule has 36 heavy (non-hydrogen) atoms. The lowest BCUT2D eigenvalue weighted by atomic mass is 10.0. The molecule has 10 heteroatoms. The molecule has 0 saturated carbocycles. The molecule has 0 fully saturated rings. The van der Waals surface area contributed by atoms with Gasteiger partial charge >= 0.3 is 11.9 Å². The van der Waals surface area contributed by atoms with Crippen LogP contribution in [0.4, 0.5) is 5.82 Å². The monoisotopic (exact) mass is 508 g/mol. The molecule has 0 spiro atoms. The van der Waals surface area contributed by atoms with Crippen molar-refractivity contribution in [1.82, 2.24) is 9.71 Å². The molecule has 1 aliphatic rings. The highest BCUT2D eigenvalue weighted by atomic mass is 32.2. The van der Waals surface area contributed by atoms with Gasteiger partial charge in [-0.2, -0.15) is 4.72 Å². The summed E-state index contributed by atoms with van der Waals surface area (Å²) < 4.78 is 31.6. The van der Waals surface area contributed by atoms with Crippen LogP contribution in [-0.4, -0.2) is 38.1 Å². The molecule has 0 unspecified atom stereocenters. The van der Waals surface area contributed by atoms with Gasteiger partial charge in [0.15, 0.2) is 0 Å². The Kier molecular flexibility index (Phi) is 8.09. The number of benzene rings is 2. The number of hydrogen-bond acceptors (Lipinski definition) is 8. The Hall–Kier alpha value is -3.60. The summed E-state index contributed by atoms with van der Waals surface area (Å²) in [7, 11) is -3.90. The Morgan fingerprint density at radius 2 is 1.78 bits per heavy atom. The number of carbonyl (C=O) groups is 2. The van der Waals surface area contributed by atoms with Crippen LogP contribution in [0.3, 0.4) is 0 Å². The second-order valence-electron chi connectivity index (χ2n) is 8.54. The van der Waals surface area contributed by atoms with Crippen molar-refractivity contribution in [2.45, 2.75) is 43.2 Å². The summed E-state index contributed by atoms with van der Waals surface area (Å²) in [5.41, 5.74) is 9.21. The minimum Gasteiger partial charge on any atom is -0.389 e. The molecule has 0 saturated heterocycles. The number of aromatic nitrogens is 1. The zero-order valence-electron chi connectivity index (χ0n) is 19.6. The first kappa shape index (κ1) is 25.5. The van der Waals surface area contributed by atoms with Gasteiger partial charge < -0.3 is 15.8 Å². The smallest absolute Gasteiger partial charge is 0.345 e.